The molecular formula is C2H6OY-2. The normalized spacial score (nSPS) is 1.50. The molecule has 0 spiro atoms. The van der Waals surface area contributed by atoms with Crippen LogP contribution in [-0.4, -0.2) is 5.11 Å². The predicted molar refractivity (Wildman–Crippen MR) is 13.7 cm³/mol. The fourth-order valence-electron chi connectivity index (χ4n) is 0. The third-order valence-corrected chi connectivity index (χ3v) is 0. The van der Waals surface area contributed by atoms with Crippen molar-refractivity contribution < 1.29 is 37.8 Å². The molecule has 0 heterocycles. The summed E-state index contributed by atoms with van der Waals surface area (Å²) in [5, 5.41) is 6.75. The molecule has 0 saturated carbocycles. The van der Waals surface area contributed by atoms with Crippen molar-refractivity contribution in [1.29, 1.82) is 0 Å². The Labute approximate surface area is 52.3 Å². The van der Waals surface area contributed by atoms with Crippen molar-refractivity contribution in [3.8, 4) is 0 Å². The Hall–Kier alpha value is 1.06. The van der Waals surface area contributed by atoms with Crippen LogP contribution in [0.2, 0.25) is 0 Å². The Morgan fingerprint density at radius 1 is 1.25 bits per heavy atom. The molecule has 1 radical (unpaired) electrons. The van der Waals surface area contributed by atoms with E-state index in [9.17, 15) is 0 Å². The van der Waals surface area contributed by atoms with Gasteiger partial charge in [-0.2, -0.15) is 0 Å². The monoisotopic (exact) mass is 135 g/mol. The largest absolute Gasteiger partial charge is 0.569 e. The number of hydrogen-bond donors (Lipinski definition) is 1. The smallest absolute Gasteiger partial charge is 0 e. The summed E-state index contributed by atoms with van der Waals surface area (Å²) in [5.74, 6) is 0. The molecule has 0 aliphatic rings. The Kier molecular flexibility index (Phi) is 165. The molecule has 0 saturated heterocycles. The Bertz CT molecular complexity index is 6.00. The molecule has 0 fully saturated rings. The number of aliphatic hydroxyl groups is 1. The van der Waals surface area contributed by atoms with Gasteiger partial charge in [0.05, 0.1) is 0 Å². The van der Waals surface area contributed by atoms with Crippen molar-refractivity contribution in [2.24, 2.45) is 0 Å². The van der Waals surface area contributed by atoms with Crippen LogP contribution in [0.15, 0.2) is 0 Å². The summed E-state index contributed by atoms with van der Waals surface area (Å²) in [6.45, 7) is 0. The number of rotatable bonds is 0. The van der Waals surface area contributed by atoms with Crippen molar-refractivity contribution in [3.63, 3.8) is 0 Å². The summed E-state index contributed by atoms with van der Waals surface area (Å²) in [6.07, 6.45) is 0. The van der Waals surface area contributed by atoms with Crippen molar-refractivity contribution >= 4 is 0 Å². The summed E-state index contributed by atoms with van der Waals surface area (Å²) in [6, 6.07) is 0. The van der Waals surface area contributed by atoms with Gasteiger partial charge in [-0.25, -0.2) is 7.11 Å². The zero-order chi connectivity index (χ0) is 2.00. The summed E-state index contributed by atoms with van der Waals surface area (Å²) < 4.78 is 0. The van der Waals surface area contributed by atoms with Gasteiger partial charge in [0.25, 0.3) is 0 Å². The van der Waals surface area contributed by atoms with E-state index in [1.54, 1.807) is 0 Å². The SMILES string of the molecule is [CH2-]O.[CH3-].[Y]. The van der Waals surface area contributed by atoms with E-state index in [1.165, 1.54) is 0 Å². The average molecular weight is 135 g/mol. The van der Waals surface area contributed by atoms with E-state index in [1.807, 2.05) is 0 Å². The van der Waals surface area contributed by atoms with Gasteiger partial charge in [-0.05, 0) is 0 Å². The first-order valence-electron chi connectivity index (χ1n) is 0.316. The van der Waals surface area contributed by atoms with E-state index in [4.69, 9.17) is 5.11 Å². The molecule has 2 heteroatoms. The van der Waals surface area contributed by atoms with Crippen LogP contribution in [0.4, 0.5) is 0 Å². The van der Waals surface area contributed by atoms with Gasteiger partial charge < -0.3 is 12.5 Å². The molecule has 0 rings (SSSR count). The third kappa shape index (κ3) is 11.5. The molecule has 0 amide bonds. The molecule has 4 heavy (non-hydrogen) atoms. The number of hydrogen-bond acceptors (Lipinski definition) is 1. The molecule has 25 valence electrons. The molecule has 0 aliphatic heterocycles. The summed E-state index contributed by atoms with van der Waals surface area (Å²) in [4.78, 5) is 0. The standard InChI is InChI=1S/CH3O.CH3.Y/c1-2;;/h2H,1H2;1H3;/q2*-1;. The second-order valence-corrected chi connectivity index (χ2v) is 0. The second-order valence-electron chi connectivity index (χ2n) is 0. The first kappa shape index (κ1) is 19.6. The van der Waals surface area contributed by atoms with Crippen molar-refractivity contribution in [3.05, 3.63) is 14.5 Å². The molecule has 1 nitrogen and oxygen atoms in total. The zero-order valence-corrected chi connectivity index (χ0v) is 5.57. The summed E-state index contributed by atoms with van der Waals surface area (Å²) in [5.41, 5.74) is 0. The van der Waals surface area contributed by atoms with Gasteiger partial charge in [-0.15, -0.1) is 0 Å². The van der Waals surface area contributed by atoms with E-state index in [0.717, 1.165) is 0 Å². The Morgan fingerprint density at radius 3 is 1.25 bits per heavy atom. The first-order chi connectivity index (χ1) is 1.00. The van der Waals surface area contributed by atoms with Crippen LogP contribution in [-0.2, 0) is 32.7 Å². The maximum absolute atomic E-state index is 6.75. The molecule has 1 N–H and O–H groups in total. The van der Waals surface area contributed by atoms with E-state index in [2.05, 4.69) is 7.11 Å². The predicted octanol–water partition coefficient (Wildman–Crippen LogP) is 0.598. The summed E-state index contributed by atoms with van der Waals surface area (Å²) >= 11 is 0. The van der Waals surface area contributed by atoms with Crippen LogP contribution >= 0.6 is 0 Å². The maximum Gasteiger partial charge on any atom is 0 e. The fraction of sp³-hybridized carbons (Fsp3) is 0. The molecule has 0 aliphatic carbocycles. The molecule has 0 unspecified atom stereocenters. The van der Waals surface area contributed by atoms with E-state index in [0.29, 0.717) is 0 Å². The zero-order valence-electron chi connectivity index (χ0n) is 2.73. The number of aliphatic hydroxyl groups excluding tert-OH is 1. The topological polar surface area (TPSA) is 20.2 Å². The van der Waals surface area contributed by atoms with Crippen LogP contribution in [0.3, 0.4) is 0 Å². The minimum atomic E-state index is 0. The maximum atomic E-state index is 6.75. The van der Waals surface area contributed by atoms with Gasteiger partial charge in [0, 0.05) is 32.7 Å². The Balaban J connectivity index is -0.00000000500. The van der Waals surface area contributed by atoms with Crippen molar-refractivity contribution in [2.45, 2.75) is 0 Å². The van der Waals surface area contributed by atoms with Crippen LogP contribution < -0.4 is 0 Å². The molecule has 0 bridgehead atoms. The molecule has 0 atom stereocenters. The summed E-state index contributed by atoms with van der Waals surface area (Å²) in [7, 11) is 2.25. The van der Waals surface area contributed by atoms with Gasteiger partial charge in [-0.1, -0.05) is 0 Å². The minimum Gasteiger partial charge on any atom is -0.569 e. The fourth-order valence-corrected chi connectivity index (χ4v) is 0. The molecule has 0 aromatic carbocycles. The van der Waals surface area contributed by atoms with Crippen LogP contribution in [0.25, 0.3) is 0 Å². The van der Waals surface area contributed by atoms with Crippen molar-refractivity contribution in [2.75, 3.05) is 0 Å². The average Bonchev–Trinajstić information content (AvgIpc) is 1.00. The molecule has 0 aromatic heterocycles. The van der Waals surface area contributed by atoms with Crippen molar-refractivity contribution in [1.82, 2.24) is 0 Å². The quantitative estimate of drug-likeness (QED) is 0.482. The van der Waals surface area contributed by atoms with Gasteiger partial charge >= 0.3 is 0 Å². The van der Waals surface area contributed by atoms with Crippen LogP contribution in [0.5, 0.6) is 0 Å². The molecule has 0 aromatic rings. The molecular weight excluding hydrogens is 129 g/mol. The minimum absolute atomic E-state index is 0. The first-order valence-corrected chi connectivity index (χ1v) is 0.316. The Morgan fingerprint density at radius 2 is 1.25 bits per heavy atom. The van der Waals surface area contributed by atoms with Gasteiger partial charge in [0.2, 0.25) is 0 Å². The van der Waals surface area contributed by atoms with Gasteiger partial charge in [0.15, 0.2) is 0 Å². The van der Waals surface area contributed by atoms with E-state index < -0.39 is 0 Å². The van der Waals surface area contributed by atoms with Gasteiger partial charge in [0.1, 0.15) is 0 Å². The van der Waals surface area contributed by atoms with E-state index >= 15 is 0 Å². The van der Waals surface area contributed by atoms with Crippen LogP contribution in [0, 0.1) is 14.5 Å². The van der Waals surface area contributed by atoms with E-state index in [-0.39, 0.29) is 40.1 Å². The van der Waals surface area contributed by atoms with Gasteiger partial charge in [-0.3, -0.25) is 0 Å². The second kappa shape index (κ2) is 33.7. The van der Waals surface area contributed by atoms with Crippen LogP contribution in [0.1, 0.15) is 0 Å². The third-order valence-electron chi connectivity index (χ3n) is 0.